The molecule has 0 aromatic rings. The van der Waals surface area contributed by atoms with Gasteiger partial charge in [-0.1, -0.05) is 13.5 Å². The van der Waals surface area contributed by atoms with E-state index in [1.165, 1.54) is 6.08 Å². The summed E-state index contributed by atoms with van der Waals surface area (Å²) >= 11 is 0. The molecule has 0 aliphatic rings. The zero-order valence-corrected chi connectivity index (χ0v) is 9.80. The molecule has 0 heterocycles. The van der Waals surface area contributed by atoms with Gasteiger partial charge in [-0.15, -0.1) is 0 Å². The predicted molar refractivity (Wildman–Crippen MR) is 64.5 cm³/mol. The number of allylic oxidation sites excluding steroid dienone is 1. The van der Waals surface area contributed by atoms with Gasteiger partial charge in [0.1, 0.15) is 5.76 Å². The first kappa shape index (κ1) is 14.8. The lowest BCUT2D eigenvalue weighted by Gasteiger charge is -2.02. The highest BCUT2D eigenvalue weighted by Crippen LogP contribution is 2.01. The van der Waals surface area contributed by atoms with Crippen molar-refractivity contribution < 1.29 is 19.7 Å². The predicted octanol–water partition coefficient (Wildman–Crippen LogP) is 1.32. The summed E-state index contributed by atoms with van der Waals surface area (Å²) < 4.78 is 4.45. The average Bonchev–Trinajstić information content (AvgIpc) is 2.27. The van der Waals surface area contributed by atoms with E-state index < -0.39 is 11.7 Å². The maximum Gasteiger partial charge on any atom is 0.356 e. The van der Waals surface area contributed by atoms with Crippen LogP contribution >= 0.6 is 0 Å². The summed E-state index contributed by atoms with van der Waals surface area (Å²) in [5.41, 5.74) is 5.01. The van der Waals surface area contributed by atoms with E-state index in [1.807, 2.05) is 0 Å². The minimum absolute atomic E-state index is 0.140. The minimum atomic E-state index is -0.787. The van der Waals surface area contributed by atoms with Crippen molar-refractivity contribution in [1.82, 2.24) is 0 Å². The van der Waals surface area contributed by atoms with Crippen LogP contribution in [0.1, 0.15) is 13.3 Å². The molecule has 0 spiro atoms. The van der Waals surface area contributed by atoms with Crippen molar-refractivity contribution in [2.24, 2.45) is 10.7 Å². The first-order chi connectivity index (χ1) is 7.92. The number of methoxy groups -OCH3 is 1. The Kier molecular flexibility index (Phi) is 6.17. The fourth-order valence-electron chi connectivity index (χ4n) is 0.824. The third kappa shape index (κ3) is 5.41. The van der Waals surface area contributed by atoms with E-state index >= 15 is 0 Å². The van der Waals surface area contributed by atoms with Crippen molar-refractivity contribution in [3.05, 3.63) is 36.1 Å². The van der Waals surface area contributed by atoms with Gasteiger partial charge < -0.3 is 20.7 Å². The van der Waals surface area contributed by atoms with Crippen molar-refractivity contribution in [2.75, 3.05) is 7.11 Å². The van der Waals surface area contributed by atoms with Crippen LogP contribution in [0.5, 0.6) is 0 Å². The number of rotatable bonds is 5. The van der Waals surface area contributed by atoms with Gasteiger partial charge in [0.15, 0.2) is 5.71 Å². The number of carbonyl (C=O) groups excluding carboxylic acids is 1. The summed E-state index contributed by atoms with van der Waals surface area (Å²) in [5, 5.41) is 18.3. The molecule has 0 bridgehead atoms. The van der Waals surface area contributed by atoms with Crippen LogP contribution in [0.3, 0.4) is 0 Å². The molecule has 0 rings (SSSR count). The molecule has 0 fully saturated rings. The summed E-state index contributed by atoms with van der Waals surface area (Å²) in [5.74, 6) is -1.52. The summed E-state index contributed by atoms with van der Waals surface area (Å²) in [6.45, 7) is 4.98. The summed E-state index contributed by atoms with van der Waals surface area (Å²) in [4.78, 5) is 14.9. The second kappa shape index (κ2) is 7.10. The number of esters is 1. The van der Waals surface area contributed by atoms with E-state index in [9.17, 15) is 9.90 Å². The van der Waals surface area contributed by atoms with Crippen LogP contribution in [0.2, 0.25) is 0 Å². The van der Waals surface area contributed by atoms with Gasteiger partial charge in [0.25, 0.3) is 0 Å². The Labute approximate surface area is 99.4 Å². The zero-order chi connectivity index (χ0) is 13.4. The number of ether oxygens (including phenoxy) is 1. The zero-order valence-electron chi connectivity index (χ0n) is 9.80. The van der Waals surface area contributed by atoms with Crippen LogP contribution < -0.4 is 5.73 Å². The van der Waals surface area contributed by atoms with E-state index in [4.69, 9.17) is 10.8 Å². The summed E-state index contributed by atoms with van der Waals surface area (Å²) in [6, 6.07) is 0. The smallest absolute Gasteiger partial charge is 0.356 e. The van der Waals surface area contributed by atoms with Crippen LogP contribution in [0.4, 0.5) is 0 Å². The molecule has 0 aliphatic heterocycles. The second-order valence-corrected chi connectivity index (χ2v) is 3.01. The van der Waals surface area contributed by atoms with Crippen molar-refractivity contribution in [3.63, 3.8) is 0 Å². The number of aliphatic imine (C=N–C) groups is 1. The molecular weight excluding hydrogens is 224 g/mol. The fourth-order valence-corrected chi connectivity index (χ4v) is 0.824. The number of nitrogens with zero attached hydrogens (tertiary/aromatic N) is 1. The van der Waals surface area contributed by atoms with E-state index in [2.05, 4.69) is 16.3 Å². The van der Waals surface area contributed by atoms with E-state index in [1.54, 1.807) is 6.92 Å². The minimum Gasteiger partial charge on any atom is -0.506 e. The molecule has 6 heteroatoms. The highest BCUT2D eigenvalue weighted by molar-refractivity contribution is 6.41. The van der Waals surface area contributed by atoms with Gasteiger partial charge in [0.05, 0.1) is 12.8 Å². The largest absolute Gasteiger partial charge is 0.506 e. The van der Waals surface area contributed by atoms with Crippen molar-refractivity contribution in [2.45, 2.75) is 13.3 Å². The first-order valence-electron chi connectivity index (χ1n) is 4.83. The molecule has 0 aromatic carbocycles. The number of nitrogens with two attached hydrogens (primary N) is 1. The highest BCUT2D eigenvalue weighted by Gasteiger charge is 2.11. The van der Waals surface area contributed by atoms with Gasteiger partial charge in [-0.05, 0) is 18.6 Å². The van der Waals surface area contributed by atoms with Gasteiger partial charge in [-0.2, -0.15) is 0 Å². The molecule has 0 saturated carbocycles. The highest BCUT2D eigenvalue weighted by atomic mass is 16.5. The Hall–Kier alpha value is -2.24. The first-order valence-corrected chi connectivity index (χ1v) is 4.83. The van der Waals surface area contributed by atoms with Crippen LogP contribution in [0, 0.1) is 0 Å². The molecule has 94 valence electrons. The van der Waals surface area contributed by atoms with Crippen LogP contribution in [0.15, 0.2) is 41.1 Å². The van der Waals surface area contributed by atoms with E-state index in [0.29, 0.717) is 6.42 Å². The quantitative estimate of drug-likeness (QED) is 0.291. The molecule has 6 nitrogen and oxygen atoms in total. The van der Waals surface area contributed by atoms with Crippen molar-refractivity contribution in [3.8, 4) is 0 Å². The summed E-state index contributed by atoms with van der Waals surface area (Å²) in [7, 11) is 1.16. The molecule has 0 amide bonds. The topological polar surface area (TPSA) is 105 Å². The standard InChI is InChI=1S/C11H16N2O4/c1-4-5-10(15)13-9(11(16)17-3)6-8(12)7(2)14/h5-6,14-15H,2,4,12H2,1,3H3/b8-6?,10-5+,13-9?. The number of hydrogen-bond donors (Lipinski definition) is 3. The number of hydrogen-bond acceptors (Lipinski definition) is 6. The third-order valence-electron chi connectivity index (χ3n) is 1.64. The lowest BCUT2D eigenvalue weighted by atomic mass is 10.2. The van der Waals surface area contributed by atoms with Crippen molar-refractivity contribution >= 4 is 11.7 Å². The molecular formula is C11H16N2O4. The molecule has 0 saturated heterocycles. The monoisotopic (exact) mass is 240 g/mol. The van der Waals surface area contributed by atoms with Gasteiger partial charge in [0.2, 0.25) is 5.88 Å². The second-order valence-electron chi connectivity index (χ2n) is 3.01. The van der Waals surface area contributed by atoms with Gasteiger partial charge >= 0.3 is 5.97 Å². The Balaban J connectivity index is 5.30. The Bertz CT molecular complexity index is 394. The van der Waals surface area contributed by atoms with Crippen LogP contribution in [-0.2, 0) is 9.53 Å². The number of aliphatic hydroxyl groups excluding tert-OH is 2. The Morgan fingerprint density at radius 1 is 1.53 bits per heavy atom. The van der Waals surface area contributed by atoms with Gasteiger partial charge in [0, 0.05) is 0 Å². The lowest BCUT2D eigenvalue weighted by Crippen LogP contribution is -2.16. The van der Waals surface area contributed by atoms with Crippen molar-refractivity contribution in [1.29, 1.82) is 0 Å². The van der Waals surface area contributed by atoms with Crippen LogP contribution in [0.25, 0.3) is 0 Å². The third-order valence-corrected chi connectivity index (χ3v) is 1.64. The molecule has 0 aliphatic carbocycles. The lowest BCUT2D eigenvalue weighted by molar-refractivity contribution is -0.132. The number of aliphatic hydroxyl groups is 2. The summed E-state index contributed by atoms with van der Waals surface area (Å²) in [6.07, 6.45) is 3.02. The van der Waals surface area contributed by atoms with Gasteiger partial charge in [-0.3, -0.25) is 0 Å². The molecule has 17 heavy (non-hydrogen) atoms. The Morgan fingerprint density at radius 2 is 2.12 bits per heavy atom. The molecule has 0 aromatic heterocycles. The molecule has 0 unspecified atom stereocenters. The average molecular weight is 240 g/mol. The molecule has 4 N–H and O–H groups in total. The maximum atomic E-state index is 11.3. The van der Waals surface area contributed by atoms with Crippen LogP contribution in [-0.4, -0.2) is 29.0 Å². The number of carbonyl (C=O) groups is 1. The SMILES string of the molecule is C=C(O)C(N)=CC(=N/C(O)=C\CC)C(=O)OC. The molecule has 0 radical (unpaired) electrons. The van der Waals surface area contributed by atoms with E-state index in [-0.39, 0.29) is 17.3 Å². The molecule has 0 atom stereocenters. The van der Waals surface area contributed by atoms with Gasteiger partial charge in [-0.25, -0.2) is 9.79 Å². The fraction of sp³-hybridized carbons (Fsp3) is 0.273. The maximum absolute atomic E-state index is 11.3. The Morgan fingerprint density at radius 3 is 2.53 bits per heavy atom. The van der Waals surface area contributed by atoms with E-state index in [0.717, 1.165) is 13.2 Å². The normalized spacial score (nSPS) is 13.4.